The van der Waals surface area contributed by atoms with Gasteiger partial charge in [-0.05, 0) is 25.8 Å². The lowest BCUT2D eigenvalue weighted by Crippen LogP contribution is -2.45. The molecule has 1 aromatic rings. The Morgan fingerprint density at radius 3 is 2.76 bits per heavy atom. The number of H-pyrrole nitrogens is 1. The molecule has 1 fully saturated rings. The largest absolute Gasteiger partial charge is 0.397 e. The topological polar surface area (TPSA) is 100 Å². The highest BCUT2D eigenvalue weighted by atomic mass is 16.2. The summed E-state index contributed by atoms with van der Waals surface area (Å²) < 4.78 is 0. The number of carbonyl (C=O) groups is 2. The Bertz CT molecular complexity index is 436. The van der Waals surface area contributed by atoms with Gasteiger partial charge in [-0.2, -0.15) is 0 Å². The van der Waals surface area contributed by atoms with E-state index >= 15 is 0 Å². The fourth-order valence-electron chi connectivity index (χ4n) is 1.44. The van der Waals surface area contributed by atoms with Crippen LogP contribution in [-0.4, -0.2) is 28.9 Å². The maximum absolute atomic E-state index is 11.7. The fraction of sp³-hybridized carbons (Fsp3) is 0.455. The molecule has 1 unspecified atom stereocenters. The molecule has 1 aliphatic rings. The van der Waals surface area contributed by atoms with Crippen molar-refractivity contribution < 1.29 is 9.59 Å². The van der Waals surface area contributed by atoms with Crippen LogP contribution in [0.15, 0.2) is 12.3 Å². The van der Waals surface area contributed by atoms with Crippen molar-refractivity contribution in [2.75, 3.05) is 5.73 Å². The first kappa shape index (κ1) is 11.5. The van der Waals surface area contributed by atoms with Crippen molar-refractivity contribution in [1.82, 2.24) is 15.6 Å². The van der Waals surface area contributed by atoms with Gasteiger partial charge in [0.1, 0.15) is 11.7 Å². The minimum Gasteiger partial charge on any atom is -0.397 e. The number of nitrogens with one attached hydrogen (secondary N) is 3. The van der Waals surface area contributed by atoms with Crippen LogP contribution in [0.5, 0.6) is 0 Å². The lowest BCUT2D eigenvalue weighted by molar-refractivity contribution is -0.122. The van der Waals surface area contributed by atoms with Crippen molar-refractivity contribution in [3.05, 3.63) is 18.0 Å². The van der Waals surface area contributed by atoms with Crippen LogP contribution in [0.4, 0.5) is 5.69 Å². The van der Waals surface area contributed by atoms with Gasteiger partial charge in [0.15, 0.2) is 0 Å². The molecule has 2 rings (SSSR count). The second kappa shape index (κ2) is 4.48. The second-order valence-corrected chi connectivity index (χ2v) is 4.32. The van der Waals surface area contributed by atoms with E-state index in [1.54, 1.807) is 6.92 Å². The monoisotopic (exact) mass is 236 g/mol. The highest BCUT2D eigenvalue weighted by molar-refractivity contribution is 5.96. The predicted molar refractivity (Wildman–Crippen MR) is 63.3 cm³/mol. The van der Waals surface area contributed by atoms with Crippen LogP contribution >= 0.6 is 0 Å². The van der Waals surface area contributed by atoms with Crippen molar-refractivity contribution in [3.8, 4) is 0 Å². The zero-order valence-electron chi connectivity index (χ0n) is 9.62. The van der Waals surface area contributed by atoms with Crippen LogP contribution in [-0.2, 0) is 4.79 Å². The quantitative estimate of drug-likeness (QED) is 0.591. The summed E-state index contributed by atoms with van der Waals surface area (Å²) in [6.07, 6.45) is 3.59. The van der Waals surface area contributed by atoms with Crippen molar-refractivity contribution in [2.45, 2.75) is 31.8 Å². The van der Waals surface area contributed by atoms with E-state index in [1.807, 2.05) is 0 Å². The lowest BCUT2D eigenvalue weighted by atomic mass is 10.3. The SMILES string of the molecule is CC(NC(=O)c1cc(N)c[nH]1)C(=O)NC1CC1. The normalized spacial score (nSPS) is 16.3. The summed E-state index contributed by atoms with van der Waals surface area (Å²) >= 11 is 0. The zero-order chi connectivity index (χ0) is 12.4. The zero-order valence-corrected chi connectivity index (χ0v) is 9.62. The first-order chi connectivity index (χ1) is 8.06. The van der Waals surface area contributed by atoms with Gasteiger partial charge in [-0.3, -0.25) is 9.59 Å². The molecule has 92 valence electrons. The van der Waals surface area contributed by atoms with Gasteiger partial charge in [0.2, 0.25) is 5.91 Å². The smallest absolute Gasteiger partial charge is 0.268 e. The van der Waals surface area contributed by atoms with Gasteiger partial charge in [0.25, 0.3) is 5.91 Å². The van der Waals surface area contributed by atoms with E-state index in [9.17, 15) is 9.59 Å². The van der Waals surface area contributed by atoms with E-state index in [0.717, 1.165) is 12.8 Å². The van der Waals surface area contributed by atoms with Gasteiger partial charge in [-0.1, -0.05) is 0 Å². The molecule has 17 heavy (non-hydrogen) atoms. The fourth-order valence-corrected chi connectivity index (χ4v) is 1.44. The lowest BCUT2D eigenvalue weighted by Gasteiger charge is -2.13. The highest BCUT2D eigenvalue weighted by Crippen LogP contribution is 2.18. The Balaban J connectivity index is 1.86. The Hall–Kier alpha value is -1.98. The number of aromatic nitrogens is 1. The summed E-state index contributed by atoms with van der Waals surface area (Å²) in [5, 5.41) is 5.43. The van der Waals surface area contributed by atoms with E-state index in [2.05, 4.69) is 15.6 Å². The number of nitrogens with two attached hydrogens (primary N) is 1. The number of aromatic amines is 1. The van der Waals surface area contributed by atoms with Crippen LogP contribution in [0, 0.1) is 0 Å². The predicted octanol–water partition coefficient (Wildman–Crippen LogP) is -0.00620. The standard InChI is InChI=1S/C11H16N4O2/c1-6(10(16)15-8-2-3-8)14-11(17)9-4-7(12)5-13-9/h4-6,8,13H,2-3,12H2,1H3,(H,14,17)(H,15,16). The molecule has 0 bridgehead atoms. The Morgan fingerprint density at radius 2 is 2.24 bits per heavy atom. The van der Waals surface area contributed by atoms with Crippen molar-refractivity contribution in [2.24, 2.45) is 0 Å². The van der Waals surface area contributed by atoms with Crippen LogP contribution in [0.1, 0.15) is 30.3 Å². The molecule has 1 heterocycles. The molecule has 1 saturated carbocycles. The van der Waals surface area contributed by atoms with Gasteiger partial charge in [0.05, 0.1) is 0 Å². The van der Waals surface area contributed by atoms with Gasteiger partial charge in [0, 0.05) is 17.9 Å². The summed E-state index contributed by atoms with van der Waals surface area (Å²) in [5.41, 5.74) is 6.34. The van der Waals surface area contributed by atoms with Crippen molar-refractivity contribution >= 4 is 17.5 Å². The van der Waals surface area contributed by atoms with Crippen molar-refractivity contribution in [1.29, 1.82) is 0 Å². The van der Waals surface area contributed by atoms with Crippen molar-refractivity contribution in [3.63, 3.8) is 0 Å². The molecule has 6 heteroatoms. The van der Waals surface area contributed by atoms with Crippen LogP contribution < -0.4 is 16.4 Å². The van der Waals surface area contributed by atoms with E-state index in [0.29, 0.717) is 17.4 Å². The van der Waals surface area contributed by atoms with E-state index in [1.165, 1.54) is 12.3 Å². The molecule has 1 atom stereocenters. The summed E-state index contributed by atoms with van der Waals surface area (Å²) in [4.78, 5) is 26.0. The minimum absolute atomic E-state index is 0.152. The Kier molecular flexibility index (Phi) is 3.03. The Labute approximate surface area is 99.0 Å². The molecule has 0 aromatic carbocycles. The van der Waals surface area contributed by atoms with Gasteiger partial charge < -0.3 is 21.4 Å². The highest BCUT2D eigenvalue weighted by Gasteiger charge is 2.26. The van der Waals surface area contributed by atoms with E-state index < -0.39 is 6.04 Å². The van der Waals surface area contributed by atoms with Gasteiger partial charge >= 0.3 is 0 Å². The van der Waals surface area contributed by atoms with Crippen LogP contribution in [0.25, 0.3) is 0 Å². The molecule has 5 N–H and O–H groups in total. The number of hydrogen-bond acceptors (Lipinski definition) is 3. The summed E-state index contributed by atoms with van der Waals surface area (Å²) in [7, 11) is 0. The maximum atomic E-state index is 11.7. The van der Waals surface area contributed by atoms with Crippen LogP contribution in [0.2, 0.25) is 0 Å². The minimum atomic E-state index is -0.548. The molecule has 0 spiro atoms. The van der Waals surface area contributed by atoms with Gasteiger partial charge in [-0.25, -0.2) is 0 Å². The summed E-state index contributed by atoms with van der Waals surface area (Å²) in [6.45, 7) is 1.65. The van der Waals surface area contributed by atoms with Crippen LogP contribution in [0.3, 0.4) is 0 Å². The third kappa shape index (κ3) is 2.99. The summed E-state index contributed by atoms with van der Waals surface area (Å²) in [6, 6.07) is 1.27. The molecule has 1 aromatic heterocycles. The molecule has 2 amide bonds. The summed E-state index contributed by atoms with van der Waals surface area (Å²) in [5.74, 6) is -0.486. The van der Waals surface area contributed by atoms with E-state index in [4.69, 9.17) is 5.73 Å². The second-order valence-electron chi connectivity index (χ2n) is 4.32. The number of anilines is 1. The number of amides is 2. The molecule has 1 aliphatic carbocycles. The first-order valence-corrected chi connectivity index (χ1v) is 5.61. The number of hydrogen-bond donors (Lipinski definition) is 4. The first-order valence-electron chi connectivity index (χ1n) is 5.61. The molecule has 0 radical (unpaired) electrons. The number of carbonyl (C=O) groups excluding carboxylic acids is 2. The average Bonchev–Trinajstić information content (AvgIpc) is 2.97. The third-order valence-corrected chi connectivity index (χ3v) is 2.61. The molecular formula is C11H16N4O2. The molecule has 0 aliphatic heterocycles. The van der Waals surface area contributed by atoms with Gasteiger partial charge in [-0.15, -0.1) is 0 Å². The molecular weight excluding hydrogens is 220 g/mol. The maximum Gasteiger partial charge on any atom is 0.268 e. The molecule has 0 saturated heterocycles. The molecule has 6 nitrogen and oxygen atoms in total. The Morgan fingerprint density at radius 1 is 1.53 bits per heavy atom. The number of nitrogen functional groups attached to an aromatic ring is 1. The average molecular weight is 236 g/mol. The van der Waals surface area contributed by atoms with E-state index in [-0.39, 0.29) is 11.8 Å². The third-order valence-electron chi connectivity index (χ3n) is 2.61. The number of rotatable bonds is 4.